The fourth-order valence-corrected chi connectivity index (χ4v) is 5.00. The number of carbonyl (C=O) groups excluding carboxylic acids is 2. The number of Topliss-reactive ketones (excluding diaryl/α,β-unsaturated/α-hetero) is 1. The number of aromatic nitrogens is 1. The Morgan fingerprint density at radius 2 is 1.80 bits per heavy atom. The Balaban J connectivity index is 1.33. The molecule has 9 nitrogen and oxygen atoms in total. The first-order chi connectivity index (χ1) is 16.7. The first-order valence-electron chi connectivity index (χ1n) is 11.2. The zero-order valence-corrected chi connectivity index (χ0v) is 20.6. The molecule has 0 aliphatic carbocycles. The highest BCUT2D eigenvalue weighted by Gasteiger charge is 2.28. The number of aryl methyl sites for hydroxylation is 2. The van der Waals surface area contributed by atoms with Crippen LogP contribution in [0.4, 0.5) is 5.69 Å². The summed E-state index contributed by atoms with van der Waals surface area (Å²) in [5.74, 6) is 0.278. The van der Waals surface area contributed by atoms with Gasteiger partial charge in [0.25, 0.3) is 0 Å². The third-order valence-corrected chi connectivity index (χ3v) is 7.72. The minimum atomic E-state index is -3.36. The number of ether oxygens (including phenoxy) is 2. The number of ketones is 1. The van der Waals surface area contributed by atoms with Gasteiger partial charge in [-0.1, -0.05) is 5.16 Å². The molecule has 1 aliphatic heterocycles. The molecule has 0 spiro atoms. The minimum absolute atomic E-state index is 0.0113. The Kier molecular flexibility index (Phi) is 6.93. The van der Waals surface area contributed by atoms with Gasteiger partial charge >= 0.3 is 5.97 Å². The third-order valence-electron chi connectivity index (χ3n) is 5.94. The lowest BCUT2D eigenvalue weighted by atomic mass is 10.1. The minimum Gasteiger partial charge on any atom is -0.489 e. The van der Waals surface area contributed by atoms with Crippen molar-refractivity contribution in [3.63, 3.8) is 0 Å². The van der Waals surface area contributed by atoms with Crippen molar-refractivity contribution in [2.45, 2.75) is 33.8 Å². The van der Waals surface area contributed by atoms with Crippen LogP contribution in [0.3, 0.4) is 0 Å². The summed E-state index contributed by atoms with van der Waals surface area (Å²) < 4.78 is 41.8. The molecule has 2 aromatic carbocycles. The summed E-state index contributed by atoms with van der Waals surface area (Å²) in [5, 5.41) is 3.89. The van der Waals surface area contributed by atoms with Gasteiger partial charge in [-0.3, -0.25) is 9.10 Å². The van der Waals surface area contributed by atoms with Gasteiger partial charge < -0.3 is 14.0 Å². The predicted octanol–water partition coefficient (Wildman–Crippen LogP) is 3.62. The second-order valence-electron chi connectivity index (χ2n) is 8.18. The second-order valence-corrected chi connectivity index (χ2v) is 10.4. The number of hydrogen-bond acceptors (Lipinski definition) is 8. The van der Waals surface area contributed by atoms with E-state index in [0.29, 0.717) is 42.3 Å². The smallest absolute Gasteiger partial charge is 0.338 e. The van der Waals surface area contributed by atoms with E-state index in [2.05, 4.69) is 5.16 Å². The summed E-state index contributed by atoms with van der Waals surface area (Å²) >= 11 is 0. The van der Waals surface area contributed by atoms with Crippen molar-refractivity contribution in [1.29, 1.82) is 0 Å². The highest BCUT2D eigenvalue weighted by molar-refractivity contribution is 7.92. The van der Waals surface area contributed by atoms with Gasteiger partial charge in [-0.15, -0.1) is 0 Å². The second kappa shape index (κ2) is 9.91. The van der Waals surface area contributed by atoms with Crippen LogP contribution >= 0.6 is 0 Å². The third kappa shape index (κ3) is 5.22. The largest absolute Gasteiger partial charge is 0.489 e. The first-order valence-corrected chi connectivity index (χ1v) is 12.8. The van der Waals surface area contributed by atoms with E-state index in [0.717, 1.165) is 16.8 Å². The number of hydrogen-bond donors (Lipinski definition) is 0. The molecule has 2 heterocycles. The van der Waals surface area contributed by atoms with Crippen LogP contribution in [0.15, 0.2) is 47.0 Å². The molecule has 0 bridgehead atoms. The molecular weight excluding hydrogens is 472 g/mol. The molecule has 0 radical (unpaired) electrons. The molecule has 4 rings (SSSR count). The maximum atomic E-state index is 12.6. The monoisotopic (exact) mass is 498 g/mol. The fraction of sp³-hybridized carbons (Fsp3) is 0.320. The number of sulfonamides is 1. The molecule has 0 unspecified atom stereocenters. The lowest BCUT2D eigenvalue weighted by Gasteiger charge is -2.18. The quantitative estimate of drug-likeness (QED) is 0.324. The Labute approximate surface area is 203 Å². The zero-order valence-electron chi connectivity index (χ0n) is 19.7. The summed E-state index contributed by atoms with van der Waals surface area (Å²) in [6.07, 6.45) is 0.528. The van der Waals surface area contributed by atoms with E-state index in [1.54, 1.807) is 49.4 Å². The van der Waals surface area contributed by atoms with E-state index < -0.39 is 22.6 Å². The maximum absolute atomic E-state index is 12.6. The van der Waals surface area contributed by atoms with E-state index in [4.69, 9.17) is 14.0 Å². The first kappa shape index (κ1) is 24.5. The van der Waals surface area contributed by atoms with Gasteiger partial charge in [0.05, 0.1) is 28.3 Å². The standard InChI is InChI=1S/C25H26N2O7S/c1-4-35(30,31)27-12-11-19-13-20(7-10-23(19)27)24(28)15-33-25(29)18-5-8-21(9-6-18)32-14-22-16(2)26-34-17(22)3/h5-10,13H,4,11-12,14-15H2,1-3H3. The van der Waals surface area contributed by atoms with Crippen LogP contribution in [-0.2, 0) is 27.8 Å². The van der Waals surface area contributed by atoms with Crippen LogP contribution < -0.4 is 9.04 Å². The molecule has 1 aromatic heterocycles. The molecule has 184 valence electrons. The van der Waals surface area contributed by atoms with E-state index >= 15 is 0 Å². The van der Waals surface area contributed by atoms with Crippen molar-refractivity contribution in [3.05, 3.63) is 76.2 Å². The van der Waals surface area contributed by atoms with Gasteiger partial charge in [0.15, 0.2) is 12.4 Å². The van der Waals surface area contributed by atoms with Crippen LogP contribution in [0.5, 0.6) is 5.75 Å². The SMILES string of the molecule is CCS(=O)(=O)N1CCc2cc(C(=O)COC(=O)c3ccc(OCc4c(C)noc4C)cc3)ccc21. The van der Waals surface area contributed by atoms with Gasteiger partial charge in [0.1, 0.15) is 18.1 Å². The van der Waals surface area contributed by atoms with Gasteiger partial charge in [-0.05, 0) is 75.2 Å². The molecule has 0 atom stereocenters. The average Bonchev–Trinajstić information content (AvgIpc) is 3.44. The Bertz CT molecular complexity index is 1340. The summed E-state index contributed by atoms with van der Waals surface area (Å²) in [4.78, 5) is 25.0. The zero-order chi connectivity index (χ0) is 25.2. The van der Waals surface area contributed by atoms with Crippen LogP contribution in [0, 0.1) is 13.8 Å². The molecule has 1 aliphatic rings. The molecule has 3 aromatic rings. The predicted molar refractivity (Wildman–Crippen MR) is 128 cm³/mol. The Morgan fingerprint density at radius 3 is 2.46 bits per heavy atom. The van der Waals surface area contributed by atoms with E-state index in [1.165, 1.54) is 4.31 Å². The number of esters is 1. The van der Waals surface area contributed by atoms with E-state index in [-0.39, 0.29) is 17.1 Å². The number of fused-ring (bicyclic) bond motifs is 1. The van der Waals surface area contributed by atoms with Crippen molar-refractivity contribution in [1.82, 2.24) is 5.16 Å². The molecule has 10 heteroatoms. The maximum Gasteiger partial charge on any atom is 0.338 e. The summed E-state index contributed by atoms with van der Waals surface area (Å²) in [6, 6.07) is 11.3. The highest BCUT2D eigenvalue weighted by Crippen LogP contribution is 2.31. The molecule has 0 N–H and O–H groups in total. The van der Waals surface area contributed by atoms with Crippen LogP contribution in [0.25, 0.3) is 0 Å². The van der Waals surface area contributed by atoms with E-state index in [9.17, 15) is 18.0 Å². The Morgan fingerprint density at radius 1 is 1.09 bits per heavy atom. The number of rotatable bonds is 9. The fourth-order valence-electron chi connectivity index (χ4n) is 3.84. The van der Waals surface area contributed by atoms with Crippen LogP contribution in [0.2, 0.25) is 0 Å². The lowest BCUT2D eigenvalue weighted by Crippen LogP contribution is -2.30. The van der Waals surface area contributed by atoms with Gasteiger partial charge in [-0.25, -0.2) is 13.2 Å². The number of carbonyl (C=O) groups is 2. The van der Waals surface area contributed by atoms with Crippen LogP contribution in [-0.4, -0.2) is 44.2 Å². The molecule has 35 heavy (non-hydrogen) atoms. The van der Waals surface area contributed by atoms with Gasteiger partial charge in [0.2, 0.25) is 10.0 Å². The number of anilines is 1. The van der Waals surface area contributed by atoms with Crippen LogP contribution in [0.1, 0.15) is 50.2 Å². The van der Waals surface area contributed by atoms with Crippen molar-refractivity contribution in [2.75, 3.05) is 23.2 Å². The average molecular weight is 499 g/mol. The lowest BCUT2D eigenvalue weighted by molar-refractivity contribution is 0.0474. The van der Waals surface area contributed by atoms with Gasteiger partial charge in [0, 0.05) is 12.1 Å². The topological polar surface area (TPSA) is 116 Å². The van der Waals surface area contributed by atoms with Crippen molar-refractivity contribution >= 4 is 27.5 Å². The van der Waals surface area contributed by atoms with Gasteiger partial charge in [-0.2, -0.15) is 0 Å². The summed E-state index contributed by atoms with van der Waals surface area (Å²) in [5.41, 5.74) is 3.67. The Hall–Kier alpha value is -3.66. The van der Waals surface area contributed by atoms with E-state index in [1.807, 2.05) is 13.8 Å². The van der Waals surface area contributed by atoms with Crippen molar-refractivity contribution in [2.24, 2.45) is 0 Å². The number of nitrogens with zero attached hydrogens (tertiary/aromatic N) is 2. The molecule has 0 saturated heterocycles. The molecule has 0 saturated carbocycles. The molecule has 0 fully saturated rings. The summed E-state index contributed by atoms with van der Waals surface area (Å²) in [6.45, 7) is 5.48. The highest BCUT2D eigenvalue weighted by atomic mass is 32.2. The normalized spacial score (nSPS) is 12.9. The molecule has 0 amide bonds. The molecular formula is C25H26N2O7S. The summed E-state index contributed by atoms with van der Waals surface area (Å²) in [7, 11) is -3.36. The van der Waals surface area contributed by atoms with Crippen molar-refractivity contribution < 1.29 is 32.0 Å². The van der Waals surface area contributed by atoms with Crippen molar-refractivity contribution in [3.8, 4) is 5.75 Å². The number of benzene rings is 2.